The molecule has 0 aromatic heterocycles. The molecule has 3 aromatic carbocycles. The molecule has 1 heterocycles. The third kappa shape index (κ3) is 6.44. The van der Waals surface area contributed by atoms with E-state index in [0.717, 1.165) is 15.6 Å². The van der Waals surface area contributed by atoms with Crippen LogP contribution >= 0.6 is 23.2 Å². The molecule has 1 N–H and O–H groups in total. The fourth-order valence-corrected chi connectivity index (χ4v) is 5.91. The Kier molecular flexibility index (Phi) is 8.80. The Labute approximate surface area is 245 Å². The number of amides is 2. The van der Waals surface area contributed by atoms with Gasteiger partial charge in [0, 0.05) is 56.5 Å². The average Bonchev–Trinajstić information content (AvgIpc) is 2.91. The van der Waals surface area contributed by atoms with Crippen molar-refractivity contribution in [2.75, 3.05) is 38.6 Å². The van der Waals surface area contributed by atoms with Crippen LogP contribution in [0.25, 0.3) is 0 Å². The molecular weight excluding hydrogens is 571 g/mol. The van der Waals surface area contributed by atoms with Crippen molar-refractivity contribution in [3.8, 4) is 0 Å². The summed E-state index contributed by atoms with van der Waals surface area (Å²) in [7, 11) is -0.881. The van der Waals surface area contributed by atoms with Crippen LogP contribution in [0.15, 0.2) is 71.6 Å². The second-order valence-corrected chi connectivity index (χ2v) is 13.5. The van der Waals surface area contributed by atoms with Crippen LogP contribution in [0.3, 0.4) is 0 Å². The molecule has 40 heavy (non-hydrogen) atoms. The highest BCUT2D eigenvalue weighted by atomic mass is 35.5. The summed E-state index contributed by atoms with van der Waals surface area (Å²) in [5, 5.41) is 3.61. The van der Waals surface area contributed by atoms with E-state index in [1.807, 2.05) is 29.2 Å². The molecule has 1 fully saturated rings. The molecule has 0 bridgehead atoms. The van der Waals surface area contributed by atoms with E-state index >= 15 is 0 Å². The van der Waals surface area contributed by atoms with Gasteiger partial charge >= 0.3 is 0 Å². The summed E-state index contributed by atoms with van der Waals surface area (Å²) in [6.07, 6.45) is 0. The summed E-state index contributed by atoms with van der Waals surface area (Å²) in [5.41, 5.74) is 2.09. The van der Waals surface area contributed by atoms with Gasteiger partial charge in [-0.15, -0.1) is 0 Å². The van der Waals surface area contributed by atoms with Crippen molar-refractivity contribution in [2.24, 2.45) is 0 Å². The number of hydrogen-bond donors (Lipinski definition) is 1. The van der Waals surface area contributed by atoms with Gasteiger partial charge in [-0.2, -0.15) is 0 Å². The second kappa shape index (κ2) is 11.8. The predicted molar refractivity (Wildman–Crippen MR) is 159 cm³/mol. The van der Waals surface area contributed by atoms with Gasteiger partial charge in [-0.1, -0.05) is 35.3 Å². The normalized spacial score (nSPS) is 15.3. The van der Waals surface area contributed by atoms with Crippen LogP contribution in [0.2, 0.25) is 10.0 Å². The van der Waals surface area contributed by atoms with E-state index in [0.29, 0.717) is 30.2 Å². The van der Waals surface area contributed by atoms with Crippen LogP contribution in [0.4, 0.5) is 5.69 Å². The SMILES string of the molecule is CN(C)S(=O)(=O)c1ccc(Cl)c(C(=O)NCc2ccc(C(=O)N3CCN(c4ccc(Cl)cc4)CC3(C)C)cc2)c1. The lowest BCUT2D eigenvalue weighted by Gasteiger charge is -2.48. The molecule has 0 radical (unpaired) electrons. The van der Waals surface area contributed by atoms with Crippen molar-refractivity contribution in [3.63, 3.8) is 0 Å². The van der Waals surface area contributed by atoms with Crippen LogP contribution < -0.4 is 10.2 Å². The monoisotopic (exact) mass is 602 g/mol. The maximum atomic E-state index is 13.4. The second-order valence-electron chi connectivity index (χ2n) is 10.5. The third-order valence-electron chi connectivity index (χ3n) is 6.95. The Hall–Kier alpha value is -3.11. The lowest BCUT2D eigenvalue weighted by Crippen LogP contribution is -2.61. The van der Waals surface area contributed by atoms with Crippen molar-refractivity contribution in [1.29, 1.82) is 0 Å². The Balaban J connectivity index is 1.39. The maximum absolute atomic E-state index is 13.4. The van der Waals surface area contributed by atoms with Gasteiger partial charge in [0.15, 0.2) is 0 Å². The molecule has 1 aliphatic rings. The molecule has 4 rings (SSSR count). The molecular formula is C29H32Cl2N4O4S. The molecule has 0 spiro atoms. The highest BCUT2D eigenvalue weighted by Gasteiger charge is 2.37. The van der Waals surface area contributed by atoms with E-state index in [9.17, 15) is 18.0 Å². The smallest absolute Gasteiger partial charge is 0.254 e. The van der Waals surface area contributed by atoms with Crippen LogP contribution in [-0.4, -0.2) is 68.7 Å². The summed E-state index contributed by atoms with van der Waals surface area (Å²) in [6, 6.07) is 18.8. The van der Waals surface area contributed by atoms with E-state index in [1.165, 1.54) is 32.3 Å². The molecule has 8 nitrogen and oxygen atoms in total. The molecule has 3 aromatic rings. The average molecular weight is 604 g/mol. The molecule has 0 saturated carbocycles. The molecule has 1 saturated heterocycles. The van der Waals surface area contributed by atoms with E-state index in [-0.39, 0.29) is 27.9 Å². The number of sulfonamides is 1. The lowest BCUT2D eigenvalue weighted by molar-refractivity contribution is 0.0514. The standard InChI is InChI=1S/C29H32Cl2N4O4S/c1-29(2)19-34(23-11-9-22(30)10-12-23)15-16-35(29)28(37)21-7-5-20(6-8-21)18-32-27(36)25-17-24(13-14-26(25)31)40(38,39)33(3)4/h5-14,17H,15-16,18-19H2,1-4H3,(H,32,36). The molecule has 11 heteroatoms. The zero-order valence-corrected chi connectivity index (χ0v) is 25.1. The van der Waals surface area contributed by atoms with E-state index < -0.39 is 21.5 Å². The van der Waals surface area contributed by atoms with Crippen molar-refractivity contribution in [2.45, 2.75) is 30.8 Å². The molecule has 212 valence electrons. The van der Waals surface area contributed by atoms with Crippen molar-refractivity contribution in [3.05, 3.63) is 93.5 Å². The number of nitrogens with one attached hydrogen (secondary N) is 1. The molecule has 2 amide bonds. The number of hydrogen-bond acceptors (Lipinski definition) is 5. The fraction of sp³-hybridized carbons (Fsp3) is 0.310. The van der Waals surface area contributed by atoms with Gasteiger partial charge in [-0.25, -0.2) is 12.7 Å². The number of carbonyl (C=O) groups excluding carboxylic acids is 2. The highest BCUT2D eigenvalue weighted by Crippen LogP contribution is 2.28. The zero-order valence-electron chi connectivity index (χ0n) is 22.8. The highest BCUT2D eigenvalue weighted by molar-refractivity contribution is 7.89. The summed E-state index contributed by atoms with van der Waals surface area (Å²) in [4.78, 5) is 30.4. The van der Waals surface area contributed by atoms with E-state index in [4.69, 9.17) is 23.2 Å². The largest absolute Gasteiger partial charge is 0.367 e. The van der Waals surface area contributed by atoms with Crippen molar-refractivity contribution < 1.29 is 18.0 Å². The molecule has 0 unspecified atom stereocenters. The lowest BCUT2D eigenvalue weighted by atomic mass is 9.96. The van der Waals surface area contributed by atoms with Gasteiger partial charge in [-0.3, -0.25) is 9.59 Å². The first-order chi connectivity index (χ1) is 18.8. The van der Waals surface area contributed by atoms with Gasteiger partial charge in [0.25, 0.3) is 11.8 Å². The Morgan fingerprint density at radius 2 is 1.60 bits per heavy atom. The Morgan fingerprint density at radius 1 is 0.950 bits per heavy atom. The van der Waals surface area contributed by atoms with Crippen LogP contribution in [0.5, 0.6) is 0 Å². The van der Waals surface area contributed by atoms with Crippen molar-refractivity contribution >= 4 is 50.7 Å². The topological polar surface area (TPSA) is 90.0 Å². The predicted octanol–water partition coefficient (Wildman–Crippen LogP) is 4.91. The van der Waals surface area contributed by atoms with Gasteiger partial charge in [0.05, 0.1) is 21.0 Å². The first-order valence-electron chi connectivity index (χ1n) is 12.7. The minimum atomic E-state index is -3.72. The summed E-state index contributed by atoms with van der Waals surface area (Å²) >= 11 is 12.2. The molecule has 0 atom stereocenters. The zero-order chi connectivity index (χ0) is 29.2. The maximum Gasteiger partial charge on any atom is 0.254 e. The van der Waals surface area contributed by atoms with E-state index in [1.54, 1.807) is 24.3 Å². The first kappa shape index (κ1) is 29.9. The summed E-state index contributed by atoms with van der Waals surface area (Å²) in [6.45, 7) is 6.27. The molecule has 0 aliphatic carbocycles. The minimum absolute atomic E-state index is 0.0214. The number of rotatable bonds is 7. The summed E-state index contributed by atoms with van der Waals surface area (Å²) < 4.78 is 26.0. The molecule has 1 aliphatic heterocycles. The van der Waals surface area contributed by atoms with E-state index in [2.05, 4.69) is 24.1 Å². The van der Waals surface area contributed by atoms with Crippen LogP contribution in [0, 0.1) is 0 Å². The van der Waals surface area contributed by atoms with Gasteiger partial charge in [0.2, 0.25) is 10.0 Å². The van der Waals surface area contributed by atoms with Gasteiger partial charge in [0.1, 0.15) is 0 Å². The number of halogens is 2. The third-order valence-corrected chi connectivity index (χ3v) is 9.35. The number of carbonyl (C=O) groups is 2. The number of nitrogens with zero attached hydrogens (tertiary/aromatic N) is 3. The van der Waals surface area contributed by atoms with Crippen LogP contribution in [0.1, 0.15) is 40.1 Å². The summed E-state index contributed by atoms with van der Waals surface area (Å²) in [5.74, 6) is -0.552. The number of benzene rings is 3. The fourth-order valence-electron chi connectivity index (χ4n) is 4.65. The number of piperazine rings is 1. The quantitative estimate of drug-likeness (QED) is 0.415. The number of anilines is 1. The minimum Gasteiger partial charge on any atom is -0.367 e. The van der Waals surface area contributed by atoms with Gasteiger partial charge in [-0.05, 0) is 74.0 Å². The van der Waals surface area contributed by atoms with Crippen molar-refractivity contribution in [1.82, 2.24) is 14.5 Å². The van der Waals surface area contributed by atoms with Crippen LogP contribution in [-0.2, 0) is 16.6 Å². The Morgan fingerprint density at radius 3 is 2.20 bits per heavy atom. The Bertz CT molecular complexity index is 1510. The van der Waals surface area contributed by atoms with Gasteiger partial charge < -0.3 is 15.1 Å². The first-order valence-corrected chi connectivity index (χ1v) is 14.9.